The van der Waals surface area contributed by atoms with Crippen LogP contribution < -0.4 is 4.31 Å². The first-order valence-electron chi connectivity index (χ1n) is 14.5. The first kappa shape index (κ1) is 33.6. The maximum atomic E-state index is 13.8. The van der Waals surface area contributed by atoms with Gasteiger partial charge in [0.25, 0.3) is 0 Å². The number of nitrogens with zero attached hydrogens (tertiary/aromatic N) is 3. The van der Waals surface area contributed by atoms with Gasteiger partial charge in [-0.2, -0.15) is 0 Å². The van der Waals surface area contributed by atoms with Gasteiger partial charge in [-0.05, 0) is 50.5 Å². The second kappa shape index (κ2) is 14.5. The molecule has 0 N–H and O–H groups in total. The molecule has 9 nitrogen and oxygen atoms in total. The molecule has 42 heavy (non-hydrogen) atoms. The number of ether oxygens (including phenoxy) is 3. The highest BCUT2D eigenvalue weighted by Crippen LogP contribution is 2.34. The molecule has 1 aliphatic rings. The molecule has 2 aromatic rings. The van der Waals surface area contributed by atoms with E-state index in [4.69, 9.17) is 14.2 Å². The first-order valence-corrected chi connectivity index (χ1v) is 16.4. The van der Waals surface area contributed by atoms with Gasteiger partial charge in [-0.25, -0.2) is 27.1 Å². The predicted molar refractivity (Wildman–Crippen MR) is 162 cm³/mol. The van der Waals surface area contributed by atoms with Crippen LogP contribution in [-0.2, 0) is 29.0 Å². The number of hydrogen-bond acceptors (Lipinski definition) is 8. The van der Waals surface area contributed by atoms with Gasteiger partial charge in [0.1, 0.15) is 5.82 Å². The molecule has 1 fully saturated rings. The Bertz CT molecular complexity index is 1350. The second-order valence-corrected chi connectivity index (χ2v) is 13.5. The van der Waals surface area contributed by atoms with Gasteiger partial charge in [0.15, 0.2) is 5.79 Å². The zero-order valence-corrected chi connectivity index (χ0v) is 26.5. The SMILES string of the molecule is CCCCCCOC(=O)C[C@H]1C[C@@H](/C=C/c2c(-c3ccc(F)cc3)nc(N(C)S(C)(=O)=O)nc2C(C)C)OC(C)(C)O1. The van der Waals surface area contributed by atoms with Crippen LogP contribution in [0.1, 0.15) is 90.3 Å². The van der Waals surface area contributed by atoms with Crippen LogP contribution in [0.4, 0.5) is 10.3 Å². The number of carbonyl (C=O) groups is 1. The van der Waals surface area contributed by atoms with Gasteiger partial charge in [0.2, 0.25) is 16.0 Å². The van der Waals surface area contributed by atoms with E-state index in [1.807, 2.05) is 26.0 Å². The van der Waals surface area contributed by atoms with Crippen LogP contribution in [0.3, 0.4) is 0 Å². The van der Waals surface area contributed by atoms with Crippen molar-refractivity contribution in [2.75, 3.05) is 24.2 Å². The molecule has 1 aromatic carbocycles. The Morgan fingerprint density at radius 1 is 1.17 bits per heavy atom. The van der Waals surface area contributed by atoms with E-state index in [0.717, 1.165) is 36.2 Å². The van der Waals surface area contributed by atoms with Gasteiger partial charge in [0.05, 0.1) is 42.9 Å². The molecule has 1 aliphatic heterocycles. The molecule has 11 heteroatoms. The maximum absolute atomic E-state index is 13.8. The van der Waals surface area contributed by atoms with E-state index in [-0.39, 0.29) is 24.3 Å². The summed E-state index contributed by atoms with van der Waals surface area (Å²) in [5, 5.41) is 0. The number of anilines is 1. The van der Waals surface area contributed by atoms with Crippen molar-refractivity contribution in [2.24, 2.45) is 0 Å². The number of carbonyl (C=O) groups excluding carboxylic acids is 1. The van der Waals surface area contributed by atoms with Crippen molar-refractivity contribution in [3.63, 3.8) is 0 Å². The standard InChI is InChI=1S/C31H44FN3O6S/c1-8-9-10-11-18-39-27(36)20-25-19-24(40-31(4,5)41-25)16-17-26-28(21(2)3)33-30(35(6)42(7,37)38)34-29(26)22-12-14-23(32)15-13-22/h12-17,21,24-25H,8-11,18-20H2,1-7H3/b17-16+/t24-,25-/m1/s1. The van der Waals surface area contributed by atoms with Crippen molar-refractivity contribution in [3.05, 3.63) is 47.4 Å². The third-order valence-corrected chi connectivity index (χ3v) is 8.08. The van der Waals surface area contributed by atoms with Gasteiger partial charge in [-0.3, -0.25) is 4.79 Å². The number of rotatable bonds is 13. The van der Waals surface area contributed by atoms with E-state index in [0.29, 0.717) is 35.5 Å². The fourth-order valence-electron chi connectivity index (χ4n) is 4.75. The van der Waals surface area contributed by atoms with E-state index >= 15 is 0 Å². The average Bonchev–Trinajstić information content (AvgIpc) is 2.90. The Labute approximate surface area is 249 Å². The summed E-state index contributed by atoms with van der Waals surface area (Å²) < 4.78 is 57.1. The minimum atomic E-state index is -3.63. The minimum Gasteiger partial charge on any atom is -0.466 e. The van der Waals surface area contributed by atoms with Crippen molar-refractivity contribution in [1.29, 1.82) is 0 Å². The summed E-state index contributed by atoms with van der Waals surface area (Å²) >= 11 is 0. The summed E-state index contributed by atoms with van der Waals surface area (Å²) in [6.07, 6.45) is 8.70. The molecule has 0 unspecified atom stereocenters. The van der Waals surface area contributed by atoms with Crippen LogP contribution in [0.2, 0.25) is 0 Å². The van der Waals surface area contributed by atoms with Gasteiger partial charge < -0.3 is 14.2 Å². The zero-order valence-electron chi connectivity index (χ0n) is 25.7. The summed E-state index contributed by atoms with van der Waals surface area (Å²) in [4.78, 5) is 21.7. The minimum absolute atomic E-state index is 0.0226. The smallest absolute Gasteiger partial charge is 0.308 e. The van der Waals surface area contributed by atoms with E-state index in [2.05, 4.69) is 16.9 Å². The highest BCUT2D eigenvalue weighted by molar-refractivity contribution is 7.92. The highest BCUT2D eigenvalue weighted by atomic mass is 32.2. The molecule has 0 bridgehead atoms. The van der Waals surface area contributed by atoms with Crippen LogP contribution in [0.25, 0.3) is 17.3 Å². The molecule has 0 amide bonds. The number of sulfonamides is 1. The normalized spacial score (nSPS) is 18.9. The Balaban J connectivity index is 1.92. The van der Waals surface area contributed by atoms with Crippen molar-refractivity contribution >= 4 is 28.0 Å². The molecule has 3 rings (SSSR count). The lowest BCUT2D eigenvalue weighted by Crippen LogP contribution is -2.44. The number of aromatic nitrogens is 2. The molecule has 2 heterocycles. The second-order valence-electron chi connectivity index (χ2n) is 11.4. The van der Waals surface area contributed by atoms with Crippen LogP contribution in [0.15, 0.2) is 30.3 Å². The Kier molecular flexibility index (Phi) is 11.6. The largest absolute Gasteiger partial charge is 0.466 e. The summed E-state index contributed by atoms with van der Waals surface area (Å²) in [7, 11) is -2.23. The fourth-order valence-corrected chi connectivity index (χ4v) is 5.13. The topological polar surface area (TPSA) is 108 Å². The Hall–Kier alpha value is -2.89. The van der Waals surface area contributed by atoms with Crippen LogP contribution >= 0.6 is 0 Å². The molecular weight excluding hydrogens is 561 g/mol. The third-order valence-electron chi connectivity index (χ3n) is 6.92. The molecule has 1 saturated heterocycles. The molecule has 0 spiro atoms. The lowest BCUT2D eigenvalue weighted by molar-refractivity contribution is -0.290. The molecule has 1 aromatic heterocycles. The van der Waals surface area contributed by atoms with Crippen LogP contribution in [0.5, 0.6) is 0 Å². The lowest BCUT2D eigenvalue weighted by atomic mass is 9.97. The van der Waals surface area contributed by atoms with Gasteiger partial charge in [-0.1, -0.05) is 52.2 Å². The molecule has 232 valence electrons. The van der Waals surface area contributed by atoms with E-state index in [9.17, 15) is 17.6 Å². The fraction of sp³-hybridized carbons (Fsp3) is 0.581. The van der Waals surface area contributed by atoms with Gasteiger partial charge in [0, 0.05) is 24.6 Å². The first-order chi connectivity index (χ1) is 19.7. The number of esters is 1. The van der Waals surface area contributed by atoms with Crippen molar-refractivity contribution in [3.8, 4) is 11.3 Å². The molecule has 0 aliphatic carbocycles. The van der Waals surface area contributed by atoms with Crippen molar-refractivity contribution < 1.29 is 31.8 Å². The Morgan fingerprint density at radius 2 is 1.86 bits per heavy atom. The average molecular weight is 606 g/mol. The molecular formula is C31H44FN3O6S. The van der Waals surface area contributed by atoms with Gasteiger partial charge in [-0.15, -0.1) is 0 Å². The maximum Gasteiger partial charge on any atom is 0.308 e. The van der Waals surface area contributed by atoms with Crippen molar-refractivity contribution in [2.45, 2.75) is 97.1 Å². The molecule has 2 atom stereocenters. The molecule has 0 radical (unpaired) electrons. The number of halogens is 1. The zero-order chi connectivity index (χ0) is 31.1. The third kappa shape index (κ3) is 9.57. The number of benzene rings is 1. The summed E-state index contributed by atoms with van der Waals surface area (Å²) in [5.74, 6) is -1.69. The van der Waals surface area contributed by atoms with Crippen LogP contribution in [0, 0.1) is 5.82 Å². The quantitative estimate of drug-likeness (QED) is 0.195. The monoisotopic (exact) mass is 605 g/mol. The highest BCUT2D eigenvalue weighted by Gasteiger charge is 2.36. The lowest BCUT2D eigenvalue weighted by Gasteiger charge is -2.39. The summed E-state index contributed by atoms with van der Waals surface area (Å²) in [5.41, 5.74) is 2.36. The van der Waals surface area contributed by atoms with E-state index in [1.54, 1.807) is 26.0 Å². The molecule has 0 saturated carbocycles. The van der Waals surface area contributed by atoms with Gasteiger partial charge >= 0.3 is 5.97 Å². The Morgan fingerprint density at radius 3 is 2.48 bits per heavy atom. The summed E-state index contributed by atoms with van der Waals surface area (Å²) in [6.45, 7) is 10.1. The summed E-state index contributed by atoms with van der Waals surface area (Å²) in [6, 6.07) is 5.86. The number of unbranched alkanes of at least 4 members (excludes halogenated alkanes) is 3. The van der Waals surface area contributed by atoms with Crippen LogP contribution in [-0.4, -0.2) is 62.3 Å². The predicted octanol–water partition coefficient (Wildman–Crippen LogP) is 6.24. The van der Waals surface area contributed by atoms with E-state index in [1.165, 1.54) is 19.2 Å². The number of hydrogen-bond donors (Lipinski definition) is 0. The van der Waals surface area contributed by atoms with E-state index < -0.39 is 33.8 Å². The van der Waals surface area contributed by atoms with Crippen molar-refractivity contribution in [1.82, 2.24) is 9.97 Å².